The van der Waals surface area contributed by atoms with Gasteiger partial charge in [-0.2, -0.15) is 0 Å². The van der Waals surface area contributed by atoms with Gasteiger partial charge in [-0.3, -0.25) is 4.79 Å². The van der Waals surface area contributed by atoms with E-state index in [2.05, 4.69) is 42.7 Å². The molecule has 2 rings (SSSR count). The van der Waals surface area contributed by atoms with Gasteiger partial charge in [0, 0.05) is 25.2 Å². The molecule has 0 aliphatic rings. The monoisotopic (exact) mass is 326 g/mol. The van der Waals surface area contributed by atoms with E-state index in [-0.39, 0.29) is 5.91 Å². The van der Waals surface area contributed by atoms with Crippen LogP contribution in [0.5, 0.6) is 5.75 Å². The van der Waals surface area contributed by atoms with Crippen molar-refractivity contribution in [3.05, 3.63) is 59.2 Å². The van der Waals surface area contributed by atoms with Crippen LogP contribution in [0.3, 0.4) is 0 Å². The molecule has 0 unspecified atom stereocenters. The number of ether oxygens (including phenoxy) is 1. The Morgan fingerprint density at radius 2 is 1.79 bits per heavy atom. The largest absolute Gasteiger partial charge is 0.497 e. The smallest absolute Gasteiger partial charge is 0.221 e. The van der Waals surface area contributed by atoms with E-state index in [0.29, 0.717) is 19.5 Å². The summed E-state index contributed by atoms with van der Waals surface area (Å²) in [5.41, 5.74) is 4.69. The van der Waals surface area contributed by atoms with Crippen LogP contribution in [0.15, 0.2) is 42.5 Å². The quantitative estimate of drug-likeness (QED) is 0.781. The Kier molecular flexibility index (Phi) is 6.67. The molecule has 2 N–H and O–H groups in total. The van der Waals surface area contributed by atoms with E-state index in [1.54, 1.807) is 7.11 Å². The van der Waals surface area contributed by atoms with E-state index < -0.39 is 0 Å². The van der Waals surface area contributed by atoms with Crippen molar-refractivity contribution in [2.45, 2.75) is 26.7 Å². The molecule has 2 aromatic carbocycles. The molecule has 2 aromatic rings. The summed E-state index contributed by atoms with van der Waals surface area (Å²) in [5, 5.41) is 6.29. The Hall–Kier alpha value is -2.49. The Morgan fingerprint density at radius 3 is 2.50 bits per heavy atom. The number of rotatable bonds is 8. The highest BCUT2D eigenvalue weighted by Gasteiger charge is 2.03. The summed E-state index contributed by atoms with van der Waals surface area (Å²) in [6.07, 6.45) is 1.29. The lowest BCUT2D eigenvalue weighted by Gasteiger charge is -2.11. The maximum Gasteiger partial charge on any atom is 0.221 e. The van der Waals surface area contributed by atoms with Gasteiger partial charge >= 0.3 is 0 Å². The molecule has 4 heteroatoms. The van der Waals surface area contributed by atoms with Gasteiger partial charge in [0.25, 0.3) is 0 Å². The van der Waals surface area contributed by atoms with Crippen LogP contribution >= 0.6 is 0 Å². The molecule has 0 saturated carbocycles. The fraction of sp³-hybridized carbons (Fsp3) is 0.350. The summed E-state index contributed by atoms with van der Waals surface area (Å²) in [6, 6.07) is 14.2. The average molecular weight is 326 g/mol. The maximum absolute atomic E-state index is 11.9. The van der Waals surface area contributed by atoms with Crippen LogP contribution in [0.2, 0.25) is 0 Å². The van der Waals surface area contributed by atoms with E-state index in [1.165, 1.54) is 16.7 Å². The minimum Gasteiger partial charge on any atom is -0.497 e. The molecule has 1 amide bonds. The molecule has 0 aromatic heterocycles. The Labute approximate surface area is 144 Å². The number of aryl methyl sites for hydroxylation is 2. The first kappa shape index (κ1) is 17.9. The predicted octanol–water partition coefficient (Wildman–Crippen LogP) is 3.47. The van der Waals surface area contributed by atoms with Crippen molar-refractivity contribution < 1.29 is 9.53 Å². The van der Waals surface area contributed by atoms with E-state index in [4.69, 9.17) is 4.74 Å². The Bertz CT molecular complexity index is 666. The first-order chi connectivity index (χ1) is 11.6. The van der Waals surface area contributed by atoms with Crippen molar-refractivity contribution in [1.82, 2.24) is 5.32 Å². The van der Waals surface area contributed by atoms with E-state index in [0.717, 1.165) is 17.9 Å². The molecule has 0 fully saturated rings. The molecular formula is C20H26N2O2. The highest BCUT2D eigenvalue weighted by atomic mass is 16.5. The van der Waals surface area contributed by atoms with Gasteiger partial charge in [0.1, 0.15) is 5.75 Å². The molecule has 0 aliphatic carbocycles. The molecule has 0 aliphatic heterocycles. The van der Waals surface area contributed by atoms with Gasteiger partial charge in [-0.25, -0.2) is 0 Å². The predicted molar refractivity (Wildman–Crippen MR) is 98.7 cm³/mol. The van der Waals surface area contributed by atoms with Crippen LogP contribution in [0.1, 0.15) is 23.1 Å². The summed E-state index contributed by atoms with van der Waals surface area (Å²) < 4.78 is 5.13. The first-order valence-electron chi connectivity index (χ1n) is 8.29. The second-order valence-corrected chi connectivity index (χ2v) is 5.94. The van der Waals surface area contributed by atoms with Gasteiger partial charge in [-0.15, -0.1) is 0 Å². The van der Waals surface area contributed by atoms with Crippen molar-refractivity contribution in [3.63, 3.8) is 0 Å². The number of carbonyl (C=O) groups is 1. The fourth-order valence-electron chi connectivity index (χ4n) is 2.46. The van der Waals surface area contributed by atoms with Gasteiger partial charge in [0.05, 0.1) is 7.11 Å². The highest BCUT2D eigenvalue weighted by Crippen LogP contribution is 2.16. The zero-order valence-corrected chi connectivity index (χ0v) is 14.7. The summed E-state index contributed by atoms with van der Waals surface area (Å²) >= 11 is 0. The van der Waals surface area contributed by atoms with Gasteiger partial charge in [-0.1, -0.05) is 24.3 Å². The number of benzene rings is 2. The number of amides is 1. The van der Waals surface area contributed by atoms with Crippen molar-refractivity contribution in [2.75, 3.05) is 25.5 Å². The zero-order chi connectivity index (χ0) is 17.4. The Balaban J connectivity index is 1.67. The molecule has 0 heterocycles. The van der Waals surface area contributed by atoms with Crippen LogP contribution in [0, 0.1) is 13.8 Å². The lowest BCUT2D eigenvalue weighted by molar-refractivity contribution is -0.120. The summed E-state index contributed by atoms with van der Waals surface area (Å²) in [7, 11) is 1.65. The topological polar surface area (TPSA) is 50.4 Å². The molecule has 0 bridgehead atoms. The van der Waals surface area contributed by atoms with Crippen molar-refractivity contribution in [1.29, 1.82) is 0 Å². The van der Waals surface area contributed by atoms with Crippen LogP contribution in [0.4, 0.5) is 5.69 Å². The highest BCUT2D eigenvalue weighted by molar-refractivity contribution is 5.76. The molecule has 4 nitrogen and oxygen atoms in total. The van der Waals surface area contributed by atoms with Crippen molar-refractivity contribution in [2.24, 2.45) is 0 Å². The third kappa shape index (κ3) is 5.61. The second-order valence-electron chi connectivity index (χ2n) is 5.94. The third-order valence-corrected chi connectivity index (χ3v) is 3.96. The van der Waals surface area contributed by atoms with Gasteiger partial charge in [-0.05, 0) is 55.2 Å². The minimum atomic E-state index is 0.0707. The molecule has 0 spiro atoms. The van der Waals surface area contributed by atoms with E-state index in [1.807, 2.05) is 24.3 Å². The maximum atomic E-state index is 11.9. The number of anilines is 1. The molecule has 24 heavy (non-hydrogen) atoms. The lowest BCUT2D eigenvalue weighted by Crippen LogP contribution is -2.27. The summed E-state index contributed by atoms with van der Waals surface area (Å²) in [4.78, 5) is 11.9. The van der Waals surface area contributed by atoms with E-state index in [9.17, 15) is 4.79 Å². The third-order valence-electron chi connectivity index (χ3n) is 3.96. The Morgan fingerprint density at radius 1 is 1.04 bits per heavy atom. The van der Waals surface area contributed by atoms with Gasteiger partial charge in [0.2, 0.25) is 5.91 Å². The number of nitrogens with one attached hydrogen (secondary N) is 2. The molecular weight excluding hydrogens is 300 g/mol. The number of hydrogen-bond acceptors (Lipinski definition) is 3. The second kappa shape index (κ2) is 8.96. The lowest BCUT2D eigenvalue weighted by atomic mass is 10.1. The summed E-state index contributed by atoms with van der Waals surface area (Å²) in [5.74, 6) is 0.918. The number of methoxy groups -OCH3 is 1. The van der Waals surface area contributed by atoms with E-state index >= 15 is 0 Å². The number of carbonyl (C=O) groups excluding carboxylic acids is 1. The summed E-state index contributed by atoms with van der Waals surface area (Å²) in [6.45, 7) is 5.42. The van der Waals surface area contributed by atoms with Crippen LogP contribution < -0.4 is 15.4 Å². The molecule has 0 atom stereocenters. The van der Waals surface area contributed by atoms with Crippen molar-refractivity contribution >= 4 is 11.6 Å². The zero-order valence-electron chi connectivity index (χ0n) is 14.7. The molecule has 128 valence electrons. The first-order valence-corrected chi connectivity index (χ1v) is 8.29. The van der Waals surface area contributed by atoms with Crippen LogP contribution in [-0.2, 0) is 11.2 Å². The number of hydrogen-bond donors (Lipinski definition) is 2. The van der Waals surface area contributed by atoms with Crippen LogP contribution in [0.25, 0.3) is 0 Å². The van der Waals surface area contributed by atoms with Crippen molar-refractivity contribution in [3.8, 4) is 5.75 Å². The van der Waals surface area contributed by atoms with Gasteiger partial charge < -0.3 is 15.4 Å². The molecule has 0 saturated heterocycles. The SMILES string of the molecule is COc1ccc(CCNC(=O)CCNc2cc(C)ccc2C)cc1. The molecule has 0 radical (unpaired) electrons. The minimum absolute atomic E-state index is 0.0707. The van der Waals surface area contributed by atoms with Gasteiger partial charge in [0.15, 0.2) is 0 Å². The van der Waals surface area contributed by atoms with Crippen LogP contribution in [-0.4, -0.2) is 26.1 Å². The normalized spacial score (nSPS) is 10.3. The average Bonchev–Trinajstić information content (AvgIpc) is 2.58. The fourth-order valence-corrected chi connectivity index (χ4v) is 2.46. The standard InChI is InChI=1S/C20H26N2O2/c1-15-4-5-16(2)19(14-15)21-13-11-20(23)22-12-10-17-6-8-18(24-3)9-7-17/h4-9,14,21H,10-13H2,1-3H3,(H,22,23).